The lowest BCUT2D eigenvalue weighted by molar-refractivity contribution is 0.0211. The molecule has 2 saturated heterocycles. The standard InChI is InChI=1S/C20H23NO3S/c1-15-7-9-17(10-8-15)25(23,24)21-18-11-13-20(21,14-12-19(18)22)16-5-3-2-4-6-16/h2-10,18-19,22H,11-14H2,1H3/t18-,19+,20?/m0/s1. The number of nitrogens with zero attached hydrogens (tertiary/aromatic N) is 1. The van der Waals surface area contributed by atoms with E-state index in [2.05, 4.69) is 0 Å². The summed E-state index contributed by atoms with van der Waals surface area (Å²) in [4.78, 5) is 0.305. The number of sulfonamides is 1. The number of aliphatic hydroxyl groups excluding tert-OH is 1. The van der Waals surface area contributed by atoms with Crippen LogP contribution >= 0.6 is 0 Å². The second kappa shape index (κ2) is 5.94. The molecule has 0 amide bonds. The summed E-state index contributed by atoms with van der Waals surface area (Å²) >= 11 is 0. The van der Waals surface area contributed by atoms with E-state index in [1.807, 2.05) is 49.4 Å². The average Bonchev–Trinajstić information content (AvgIpc) is 2.95. The van der Waals surface area contributed by atoms with Crippen LogP contribution in [0.2, 0.25) is 0 Å². The van der Waals surface area contributed by atoms with Gasteiger partial charge in [-0.05, 0) is 50.3 Å². The highest BCUT2D eigenvalue weighted by Crippen LogP contribution is 2.53. The summed E-state index contributed by atoms with van der Waals surface area (Å²) in [5.74, 6) is 0. The summed E-state index contributed by atoms with van der Waals surface area (Å²) in [6, 6.07) is 16.5. The highest BCUT2D eigenvalue weighted by atomic mass is 32.2. The predicted octanol–water partition coefficient (Wildman–Crippen LogP) is 3.20. The van der Waals surface area contributed by atoms with Crippen molar-refractivity contribution >= 4 is 10.0 Å². The Hall–Kier alpha value is -1.69. The van der Waals surface area contributed by atoms with E-state index >= 15 is 0 Å². The van der Waals surface area contributed by atoms with Crippen molar-refractivity contribution in [2.45, 2.75) is 55.2 Å². The van der Waals surface area contributed by atoms with Crippen LogP contribution in [0.5, 0.6) is 0 Å². The molecule has 0 aromatic heterocycles. The minimum absolute atomic E-state index is 0.305. The van der Waals surface area contributed by atoms with Crippen molar-refractivity contribution in [3.8, 4) is 0 Å². The fourth-order valence-electron chi connectivity index (χ4n) is 4.49. The third kappa shape index (κ3) is 2.53. The fourth-order valence-corrected chi connectivity index (χ4v) is 6.55. The zero-order valence-corrected chi connectivity index (χ0v) is 15.1. The lowest BCUT2D eigenvalue weighted by Gasteiger charge is -2.45. The first kappa shape index (κ1) is 16.8. The number of hydrogen-bond donors (Lipinski definition) is 1. The van der Waals surface area contributed by atoms with Crippen molar-refractivity contribution in [2.75, 3.05) is 0 Å². The van der Waals surface area contributed by atoms with Crippen molar-refractivity contribution in [1.82, 2.24) is 4.31 Å². The van der Waals surface area contributed by atoms with Gasteiger partial charge in [0.2, 0.25) is 10.0 Å². The Bertz CT molecular complexity index is 864. The molecule has 2 heterocycles. The van der Waals surface area contributed by atoms with Gasteiger partial charge in [-0.2, -0.15) is 4.31 Å². The van der Waals surface area contributed by atoms with Gasteiger partial charge in [-0.3, -0.25) is 0 Å². The molecule has 2 aromatic rings. The van der Waals surface area contributed by atoms with Gasteiger partial charge in [0.15, 0.2) is 0 Å². The lowest BCUT2D eigenvalue weighted by Crippen LogP contribution is -2.55. The molecule has 2 aliphatic heterocycles. The largest absolute Gasteiger partial charge is 0.391 e. The molecule has 1 N–H and O–H groups in total. The highest BCUT2D eigenvalue weighted by Gasteiger charge is 2.58. The van der Waals surface area contributed by atoms with E-state index in [1.165, 1.54) is 0 Å². The van der Waals surface area contributed by atoms with Gasteiger partial charge in [-0.1, -0.05) is 48.0 Å². The van der Waals surface area contributed by atoms with Crippen LogP contribution in [0.25, 0.3) is 0 Å². The smallest absolute Gasteiger partial charge is 0.244 e. The molecule has 132 valence electrons. The number of aliphatic hydroxyl groups is 1. The molecular weight excluding hydrogens is 334 g/mol. The molecule has 2 bridgehead atoms. The SMILES string of the molecule is Cc1ccc(S(=O)(=O)N2[C@H]3CCC2(c2ccccc2)CC[C@H]3O)cc1. The molecule has 0 spiro atoms. The molecule has 3 atom stereocenters. The summed E-state index contributed by atoms with van der Waals surface area (Å²) in [5, 5.41) is 10.5. The van der Waals surface area contributed by atoms with Gasteiger partial charge >= 0.3 is 0 Å². The van der Waals surface area contributed by atoms with Gasteiger partial charge in [-0.25, -0.2) is 8.42 Å². The van der Waals surface area contributed by atoms with Crippen molar-refractivity contribution in [3.05, 3.63) is 65.7 Å². The molecule has 0 radical (unpaired) electrons. The molecule has 4 rings (SSSR count). The minimum atomic E-state index is -3.68. The number of piperidine rings is 1. The van der Waals surface area contributed by atoms with Gasteiger partial charge in [0.05, 0.1) is 22.6 Å². The summed E-state index contributed by atoms with van der Waals surface area (Å²) in [5.41, 5.74) is 1.51. The third-order valence-electron chi connectivity index (χ3n) is 5.76. The zero-order valence-electron chi connectivity index (χ0n) is 14.3. The normalized spacial score (nSPS) is 29.7. The van der Waals surface area contributed by atoms with Gasteiger partial charge in [0, 0.05) is 0 Å². The van der Waals surface area contributed by atoms with Crippen LogP contribution in [0.4, 0.5) is 0 Å². The quantitative estimate of drug-likeness (QED) is 0.918. The number of rotatable bonds is 3. The number of aryl methyl sites for hydroxylation is 1. The first-order valence-corrected chi connectivity index (χ1v) is 10.2. The molecule has 0 aliphatic carbocycles. The van der Waals surface area contributed by atoms with E-state index in [0.717, 1.165) is 17.5 Å². The molecule has 4 nitrogen and oxygen atoms in total. The fraction of sp³-hybridized carbons (Fsp3) is 0.400. The number of hydrogen-bond acceptors (Lipinski definition) is 3. The topological polar surface area (TPSA) is 57.6 Å². The third-order valence-corrected chi connectivity index (χ3v) is 7.77. The summed E-state index contributed by atoms with van der Waals surface area (Å²) in [7, 11) is -3.68. The summed E-state index contributed by atoms with van der Waals surface area (Å²) < 4.78 is 28.6. The Kier molecular flexibility index (Phi) is 3.98. The lowest BCUT2D eigenvalue weighted by atomic mass is 9.83. The average molecular weight is 357 g/mol. The maximum absolute atomic E-state index is 13.5. The predicted molar refractivity (Wildman–Crippen MR) is 96.6 cm³/mol. The van der Waals surface area contributed by atoms with Gasteiger partial charge < -0.3 is 5.11 Å². The van der Waals surface area contributed by atoms with Crippen molar-refractivity contribution in [3.63, 3.8) is 0 Å². The van der Waals surface area contributed by atoms with Crippen molar-refractivity contribution in [1.29, 1.82) is 0 Å². The molecular formula is C20H23NO3S. The van der Waals surface area contributed by atoms with Gasteiger partial charge in [0.1, 0.15) is 0 Å². The molecule has 0 saturated carbocycles. The molecule has 2 aromatic carbocycles. The summed E-state index contributed by atoms with van der Waals surface area (Å²) in [6.07, 6.45) is 2.14. The van der Waals surface area contributed by atoms with E-state index < -0.39 is 21.7 Å². The van der Waals surface area contributed by atoms with Gasteiger partial charge in [-0.15, -0.1) is 0 Å². The molecule has 5 heteroatoms. The molecule has 2 fully saturated rings. The van der Waals surface area contributed by atoms with E-state index in [9.17, 15) is 13.5 Å². The van der Waals surface area contributed by atoms with Crippen molar-refractivity contribution in [2.24, 2.45) is 0 Å². The number of benzene rings is 2. The first-order valence-electron chi connectivity index (χ1n) is 8.80. The zero-order chi connectivity index (χ0) is 17.7. The van der Waals surface area contributed by atoms with Crippen LogP contribution in [0.3, 0.4) is 0 Å². The van der Waals surface area contributed by atoms with Crippen LogP contribution in [0.1, 0.15) is 36.8 Å². The second-order valence-corrected chi connectivity index (χ2v) is 9.04. The molecule has 2 aliphatic rings. The monoisotopic (exact) mass is 357 g/mol. The Morgan fingerprint density at radius 1 is 1.00 bits per heavy atom. The van der Waals surface area contributed by atoms with Gasteiger partial charge in [0.25, 0.3) is 0 Å². The second-order valence-electron chi connectivity index (χ2n) is 7.22. The summed E-state index contributed by atoms with van der Waals surface area (Å²) in [6.45, 7) is 1.94. The minimum Gasteiger partial charge on any atom is -0.391 e. The van der Waals surface area contributed by atoms with Crippen LogP contribution < -0.4 is 0 Å². The van der Waals surface area contributed by atoms with Crippen LogP contribution in [0, 0.1) is 6.92 Å². The Morgan fingerprint density at radius 3 is 2.32 bits per heavy atom. The maximum Gasteiger partial charge on any atom is 0.244 e. The Balaban J connectivity index is 1.86. The van der Waals surface area contributed by atoms with Crippen LogP contribution in [-0.4, -0.2) is 30.0 Å². The van der Waals surface area contributed by atoms with Crippen molar-refractivity contribution < 1.29 is 13.5 Å². The van der Waals surface area contributed by atoms with E-state index in [1.54, 1.807) is 16.4 Å². The van der Waals surface area contributed by atoms with Crippen LogP contribution in [-0.2, 0) is 15.6 Å². The van der Waals surface area contributed by atoms with E-state index in [0.29, 0.717) is 24.2 Å². The number of fused-ring (bicyclic) bond motifs is 2. The van der Waals surface area contributed by atoms with E-state index in [-0.39, 0.29) is 6.04 Å². The Labute approximate surface area is 149 Å². The maximum atomic E-state index is 13.5. The molecule has 25 heavy (non-hydrogen) atoms. The molecule has 1 unspecified atom stereocenters. The van der Waals surface area contributed by atoms with E-state index in [4.69, 9.17) is 0 Å². The highest BCUT2D eigenvalue weighted by molar-refractivity contribution is 7.89. The first-order chi connectivity index (χ1) is 11.9. The van der Waals surface area contributed by atoms with Crippen LogP contribution in [0.15, 0.2) is 59.5 Å². The Morgan fingerprint density at radius 2 is 1.64 bits per heavy atom.